The lowest BCUT2D eigenvalue weighted by Gasteiger charge is -2.16. The van der Waals surface area contributed by atoms with Gasteiger partial charge in [-0.1, -0.05) is 30.3 Å². The third-order valence-corrected chi connectivity index (χ3v) is 2.80. The number of benzene rings is 1. The van der Waals surface area contributed by atoms with Gasteiger partial charge in [-0.25, -0.2) is 0 Å². The van der Waals surface area contributed by atoms with E-state index in [9.17, 15) is 0 Å². The van der Waals surface area contributed by atoms with Gasteiger partial charge < -0.3 is 4.90 Å². The van der Waals surface area contributed by atoms with Gasteiger partial charge in [0.1, 0.15) is 0 Å². The second-order valence-corrected chi connectivity index (χ2v) is 4.15. The lowest BCUT2D eigenvalue weighted by atomic mass is 10.2. The predicted octanol–water partition coefficient (Wildman–Crippen LogP) is 1.76. The molecule has 0 unspecified atom stereocenters. The summed E-state index contributed by atoms with van der Waals surface area (Å²) >= 11 is 0. The van der Waals surface area contributed by atoms with Crippen LogP contribution in [-0.2, 0) is 6.54 Å². The van der Waals surface area contributed by atoms with Crippen molar-refractivity contribution < 1.29 is 0 Å². The van der Waals surface area contributed by atoms with Gasteiger partial charge in [-0.3, -0.25) is 9.38 Å². The molecule has 18 heavy (non-hydrogen) atoms. The number of aromatic nitrogens is 4. The Bertz CT molecular complexity index is 647. The number of hydrogen-bond acceptors (Lipinski definition) is 4. The van der Waals surface area contributed by atoms with Gasteiger partial charge in [0, 0.05) is 26.0 Å². The lowest BCUT2D eigenvalue weighted by molar-refractivity contribution is 0.854. The van der Waals surface area contributed by atoms with E-state index in [2.05, 4.69) is 32.2 Å². The number of nitrogens with zero attached hydrogens (tertiary/aromatic N) is 5. The predicted molar refractivity (Wildman–Crippen MR) is 69.3 cm³/mol. The minimum atomic E-state index is 0.757. The topological polar surface area (TPSA) is 46.3 Å². The van der Waals surface area contributed by atoms with Crippen molar-refractivity contribution in [2.45, 2.75) is 6.54 Å². The first-order chi connectivity index (χ1) is 8.84. The molecule has 0 atom stereocenters. The van der Waals surface area contributed by atoms with Crippen LogP contribution in [0.1, 0.15) is 5.56 Å². The first-order valence-corrected chi connectivity index (χ1v) is 5.74. The molecule has 0 fully saturated rings. The zero-order valence-corrected chi connectivity index (χ0v) is 10.1. The van der Waals surface area contributed by atoms with Crippen molar-refractivity contribution in [3.05, 3.63) is 54.5 Å². The Morgan fingerprint density at radius 3 is 2.83 bits per heavy atom. The van der Waals surface area contributed by atoms with Crippen LogP contribution in [0.25, 0.3) is 5.65 Å². The van der Waals surface area contributed by atoms with E-state index in [-0.39, 0.29) is 0 Å². The van der Waals surface area contributed by atoms with Crippen LogP contribution in [0, 0.1) is 0 Å². The van der Waals surface area contributed by atoms with Gasteiger partial charge in [0.2, 0.25) is 5.95 Å². The molecule has 0 N–H and O–H groups in total. The van der Waals surface area contributed by atoms with Crippen LogP contribution in [-0.4, -0.2) is 26.6 Å². The summed E-state index contributed by atoms with van der Waals surface area (Å²) in [5, 5.41) is 8.28. The Morgan fingerprint density at radius 2 is 2.00 bits per heavy atom. The Balaban J connectivity index is 1.90. The summed E-state index contributed by atoms with van der Waals surface area (Å²) in [7, 11) is 2.00. The summed E-state index contributed by atoms with van der Waals surface area (Å²) < 4.78 is 1.93. The highest BCUT2D eigenvalue weighted by atomic mass is 15.4. The van der Waals surface area contributed by atoms with Crippen molar-refractivity contribution in [3.8, 4) is 0 Å². The first kappa shape index (κ1) is 10.7. The van der Waals surface area contributed by atoms with E-state index in [1.165, 1.54) is 5.56 Å². The van der Waals surface area contributed by atoms with E-state index in [4.69, 9.17) is 0 Å². The molecule has 3 rings (SSSR count). The second kappa shape index (κ2) is 4.44. The number of hydrogen-bond donors (Lipinski definition) is 0. The van der Waals surface area contributed by atoms with E-state index in [1.807, 2.05) is 35.8 Å². The van der Waals surface area contributed by atoms with Crippen LogP contribution in [0.3, 0.4) is 0 Å². The fourth-order valence-electron chi connectivity index (χ4n) is 1.93. The Labute approximate surface area is 105 Å². The van der Waals surface area contributed by atoms with Crippen LogP contribution in [0.5, 0.6) is 0 Å². The molecule has 0 saturated heterocycles. The van der Waals surface area contributed by atoms with Crippen molar-refractivity contribution in [1.29, 1.82) is 0 Å². The third kappa shape index (κ3) is 1.90. The molecule has 1 aromatic carbocycles. The molecule has 5 nitrogen and oxygen atoms in total. The molecule has 3 aromatic rings. The fraction of sp³-hybridized carbons (Fsp3) is 0.154. The van der Waals surface area contributed by atoms with Crippen molar-refractivity contribution in [2.24, 2.45) is 0 Å². The number of fused-ring (bicyclic) bond motifs is 1. The minimum absolute atomic E-state index is 0.757. The first-order valence-electron chi connectivity index (χ1n) is 5.74. The number of rotatable bonds is 3. The summed E-state index contributed by atoms with van der Waals surface area (Å²) in [5.41, 5.74) is 2.00. The van der Waals surface area contributed by atoms with Gasteiger partial charge in [-0.05, 0) is 5.56 Å². The van der Waals surface area contributed by atoms with Crippen molar-refractivity contribution in [1.82, 2.24) is 19.6 Å². The van der Waals surface area contributed by atoms with Crippen LogP contribution in [0.15, 0.2) is 48.9 Å². The van der Waals surface area contributed by atoms with Crippen molar-refractivity contribution in [3.63, 3.8) is 0 Å². The third-order valence-electron chi connectivity index (χ3n) is 2.80. The molecular formula is C13H13N5. The molecular weight excluding hydrogens is 226 g/mol. The Kier molecular flexibility index (Phi) is 2.64. The van der Waals surface area contributed by atoms with Crippen molar-refractivity contribution >= 4 is 11.6 Å². The molecule has 0 aliphatic rings. The van der Waals surface area contributed by atoms with Crippen LogP contribution in [0.2, 0.25) is 0 Å². The van der Waals surface area contributed by atoms with E-state index in [1.54, 1.807) is 12.4 Å². The standard InChI is InChI=1S/C13H13N5/c1-17(10-11-5-3-2-4-6-11)13-16-15-12-9-14-7-8-18(12)13/h2-9H,10H2,1H3. The summed E-state index contributed by atoms with van der Waals surface area (Å²) in [5.74, 6) is 0.816. The quantitative estimate of drug-likeness (QED) is 0.698. The minimum Gasteiger partial charge on any atom is -0.339 e. The number of anilines is 1. The largest absolute Gasteiger partial charge is 0.339 e. The summed E-state index contributed by atoms with van der Waals surface area (Å²) in [4.78, 5) is 6.09. The fourth-order valence-corrected chi connectivity index (χ4v) is 1.93. The molecule has 0 radical (unpaired) electrons. The van der Waals surface area contributed by atoms with E-state index < -0.39 is 0 Å². The second-order valence-electron chi connectivity index (χ2n) is 4.15. The molecule has 0 spiro atoms. The van der Waals surface area contributed by atoms with E-state index >= 15 is 0 Å². The highest BCUT2D eigenvalue weighted by Gasteiger charge is 2.09. The Hall–Kier alpha value is -2.43. The monoisotopic (exact) mass is 239 g/mol. The smallest absolute Gasteiger partial charge is 0.231 e. The SMILES string of the molecule is CN(Cc1ccccc1)c1nnc2cnccn12. The van der Waals surface area contributed by atoms with Gasteiger partial charge in [-0.2, -0.15) is 0 Å². The molecule has 5 heteroatoms. The maximum absolute atomic E-state index is 4.19. The zero-order chi connectivity index (χ0) is 12.4. The van der Waals surface area contributed by atoms with Crippen LogP contribution < -0.4 is 4.90 Å². The van der Waals surface area contributed by atoms with E-state index in [0.717, 1.165) is 18.1 Å². The molecule has 0 amide bonds. The molecule has 2 heterocycles. The molecule has 0 aliphatic carbocycles. The maximum atomic E-state index is 4.19. The normalized spacial score (nSPS) is 10.7. The lowest BCUT2D eigenvalue weighted by Crippen LogP contribution is -2.19. The van der Waals surface area contributed by atoms with E-state index in [0.29, 0.717) is 0 Å². The van der Waals surface area contributed by atoms with Crippen molar-refractivity contribution in [2.75, 3.05) is 11.9 Å². The summed E-state index contributed by atoms with van der Waals surface area (Å²) in [6, 6.07) is 10.3. The molecule has 0 bridgehead atoms. The summed E-state index contributed by atoms with van der Waals surface area (Å²) in [6.45, 7) is 0.796. The average molecular weight is 239 g/mol. The van der Waals surface area contributed by atoms with Gasteiger partial charge in [0.05, 0.1) is 6.20 Å². The maximum Gasteiger partial charge on any atom is 0.231 e. The van der Waals surface area contributed by atoms with Crippen LogP contribution >= 0.6 is 0 Å². The molecule has 0 saturated carbocycles. The Morgan fingerprint density at radius 1 is 1.17 bits per heavy atom. The average Bonchev–Trinajstić information content (AvgIpc) is 2.84. The van der Waals surface area contributed by atoms with Gasteiger partial charge in [-0.15, -0.1) is 10.2 Å². The highest BCUT2D eigenvalue weighted by molar-refractivity contribution is 5.44. The molecule has 90 valence electrons. The molecule has 0 aliphatic heterocycles. The van der Waals surface area contributed by atoms with Gasteiger partial charge in [0.25, 0.3) is 0 Å². The summed E-state index contributed by atoms with van der Waals surface area (Å²) in [6.07, 6.45) is 5.30. The van der Waals surface area contributed by atoms with Crippen LogP contribution in [0.4, 0.5) is 5.95 Å². The van der Waals surface area contributed by atoms with Gasteiger partial charge in [0.15, 0.2) is 5.65 Å². The molecule has 2 aromatic heterocycles. The highest BCUT2D eigenvalue weighted by Crippen LogP contribution is 2.13. The van der Waals surface area contributed by atoms with Gasteiger partial charge >= 0.3 is 0 Å². The zero-order valence-electron chi connectivity index (χ0n) is 10.1.